The Morgan fingerprint density at radius 1 is 1.00 bits per heavy atom. The summed E-state index contributed by atoms with van der Waals surface area (Å²) in [4.78, 5) is 27.4. The number of benzene rings is 3. The largest absolute Gasteiger partial charge is 0.497 e. The lowest BCUT2D eigenvalue weighted by molar-refractivity contribution is -0.133. The van der Waals surface area contributed by atoms with E-state index in [1.165, 1.54) is 35.2 Å². The molecule has 0 saturated carbocycles. The zero-order valence-electron chi connectivity index (χ0n) is 19.8. The minimum absolute atomic E-state index is 0.177. The van der Waals surface area contributed by atoms with E-state index < -0.39 is 11.7 Å². The molecule has 1 heterocycles. The summed E-state index contributed by atoms with van der Waals surface area (Å²) in [6.45, 7) is -0.207. The fraction of sp³-hybridized carbons (Fsp3) is 0.222. The maximum Gasteiger partial charge on any atom is 0.262 e. The number of halogens is 1. The number of hydrogen-bond acceptors (Lipinski definition) is 5. The lowest BCUT2D eigenvalue weighted by Gasteiger charge is -2.25. The average Bonchev–Trinajstić information content (AvgIpc) is 3.34. The van der Waals surface area contributed by atoms with Crippen LogP contribution in [0, 0.1) is 5.82 Å². The number of carbonyl (C=O) groups is 2. The Kier molecular flexibility index (Phi) is 7.10. The van der Waals surface area contributed by atoms with E-state index in [2.05, 4.69) is 5.10 Å². The van der Waals surface area contributed by atoms with Crippen LogP contribution in [0.1, 0.15) is 33.9 Å². The van der Waals surface area contributed by atoms with Crippen LogP contribution in [0.4, 0.5) is 4.39 Å². The molecule has 180 valence electrons. The topological polar surface area (TPSA) is 71.4 Å². The molecule has 8 heteroatoms. The Hall–Kier alpha value is -4.20. The number of hydrogen-bond donors (Lipinski definition) is 0. The third kappa shape index (κ3) is 5.32. The number of carbonyl (C=O) groups excluding carboxylic acids is 2. The molecule has 7 nitrogen and oxygen atoms in total. The van der Waals surface area contributed by atoms with E-state index in [1.54, 1.807) is 14.2 Å². The first-order valence-corrected chi connectivity index (χ1v) is 11.1. The highest BCUT2D eigenvalue weighted by Crippen LogP contribution is 2.34. The van der Waals surface area contributed by atoms with Gasteiger partial charge < -0.3 is 14.4 Å². The van der Waals surface area contributed by atoms with Gasteiger partial charge in [0.1, 0.15) is 23.9 Å². The predicted molar refractivity (Wildman–Crippen MR) is 130 cm³/mol. The van der Waals surface area contributed by atoms with E-state index in [0.29, 0.717) is 12.2 Å². The van der Waals surface area contributed by atoms with Crippen LogP contribution in [0.15, 0.2) is 77.9 Å². The second-order valence-corrected chi connectivity index (χ2v) is 8.18. The lowest BCUT2D eigenvalue weighted by atomic mass is 9.98. The molecule has 0 fully saturated rings. The molecule has 0 radical (unpaired) electrons. The van der Waals surface area contributed by atoms with Gasteiger partial charge in [-0.3, -0.25) is 9.59 Å². The van der Waals surface area contributed by atoms with Crippen LogP contribution in [-0.2, 0) is 4.79 Å². The monoisotopic (exact) mass is 475 g/mol. The van der Waals surface area contributed by atoms with E-state index >= 15 is 0 Å². The summed E-state index contributed by atoms with van der Waals surface area (Å²) >= 11 is 0. The molecule has 35 heavy (non-hydrogen) atoms. The third-order valence-electron chi connectivity index (χ3n) is 5.88. The van der Waals surface area contributed by atoms with E-state index in [1.807, 2.05) is 48.5 Å². The molecule has 1 unspecified atom stereocenters. The van der Waals surface area contributed by atoms with Crippen molar-refractivity contribution in [3.63, 3.8) is 0 Å². The van der Waals surface area contributed by atoms with Gasteiger partial charge >= 0.3 is 0 Å². The maximum absolute atomic E-state index is 13.6. The van der Waals surface area contributed by atoms with Gasteiger partial charge in [-0.05, 0) is 65.7 Å². The zero-order valence-corrected chi connectivity index (χ0v) is 19.8. The highest BCUT2D eigenvalue weighted by molar-refractivity contribution is 6.03. The standard InChI is InChI=1S/C27H26FN3O4/c1-30(27(33)20-5-4-6-21(28)15-20)17-26(32)31-25(19-9-13-23(35-3)14-10-19)16-24(29-31)18-7-11-22(34-2)12-8-18/h4-15,25H,16-17H2,1-3H3. The van der Waals surface area contributed by atoms with Gasteiger partial charge in [0.05, 0.1) is 26.0 Å². The first-order chi connectivity index (χ1) is 16.9. The van der Waals surface area contributed by atoms with Gasteiger partial charge in [0.25, 0.3) is 11.8 Å². The van der Waals surface area contributed by atoms with Crippen molar-refractivity contribution in [2.24, 2.45) is 5.10 Å². The number of nitrogens with zero attached hydrogens (tertiary/aromatic N) is 3. The molecule has 1 atom stereocenters. The fourth-order valence-electron chi connectivity index (χ4n) is 3.97. The smallest absolute Gasteiger partial charge is 0.262 e. The maximum atomic E-state index is 13.6. The number of ether oxygens (including phenoxy) is 2. The second kappa shape index (κ2) is 10.4. The van der Waals surface area contributed by atoms with Crippen LogP contribution in [-0.4, -0.2) is 55.2 Å². The quantitative estimate of drug-likeness (QED) is 0.511. The Morgan fingerprint density at radius 2 is 1.63 bits per heavy atom. The molecular weight excluding hydrogens is 449 g/mol. The molecule has 0 spiro atoms. The molecule has 0 aromatic heterocycles. The normalized spacial score (nSPS) is 14.9. The van der Waals surface area contributed by atoms with Crippen molar-refractivity contribution in [3.8, 4) is 11.5 Å². The summed E-state index contributed by atoms with van der Waals surface area (Å²) in [5.41, 5.74) is 2.70. The molecule has 2 amide bonds. The SMILES string of the molecule is COc1ccc(C2=NN(C(=O)CN(C)C(=O)c3cccc(F)c3)C(c3ccc(OC)cc3)C2)cc1. The van der Waals surface area contributed by atoms with Gasteiger partial charge in [0, 0.05) is 19.0 Å². The van der Waals surface area contributed by atoms with Gasteiger partial charge in [0.15, 0.2) is 0 Å². The van der Waals surface area contributed by atoms with Crippen LogP contribution in [0.3, 0.4) is 0 Å². The number of amides is 2. The fourth-order valence-corrected chi connectivity index (χ4v) is 3.97. The highest BCUT2D eigenvalue weighted by atomic mass is 19.1. The van der Waals surface area contributed by atoms with Crippen LogP contribution in [0.5, 0.6) is 11.5 Å². The summed E-state index contributed by atoms with van der Waals surface area (Å²) in [5, 5.41) is 6.07. The number of rotatable bonds is 7. The summed E-state index contributed by atoms with van der Waals surface area (Å²) < 4.78 is 24.1. The summed E-state index contributed by atoms with van der Waals surface area (Å²) in [6, 6.07) is 20.0. The van der Waals surface area contributed by atoms with Crippen LogP contribution in [0.2, 0.25) is 0 Å². The van der Waals surface area contributed by atoms with E-state index in [-0.39, 0.29) is 24.1 Å². The molecule has 0 saturated heterocycles. The van der Waals surface area contributed by atoms with Crippen LogP contribution in [0.25, 0.3) is 0 Å². The summed E-state index contributed by atoms with van der Waals surface area (Å²) in [6.07, 6.45) is 0.506. The van der Waals surface area contributed by atoms with Gasteiger partial charge in [-0.1, -0.05) is 18.2 Å². The molecule has 0 bridgehead atoms. The molecule has 4 rings (SSSR count). The van der Waals surface area contributed by atoms with Crippen molar-refractivity contribution in [2.45, 2.75) is 12.5 Å². The van der Waals surface area contributed by atoms with Crippen molar-refractivity contribution in [3.05, 3.63) is 95.3 Å². The molecule has 0 N–H and O–H groups in total. The van der Waals surface area contributed by atoms with Gasteiger partial charge in [-0.2, -0.15) is 5.10 Å². The Bertz CT molecular complexity index is 1240. The number of hydrazone groups is 1. The average molecular weight is 476 g/mol. The molecule has 1 aliphatic heterocycles. The van der Waals surface area contributed by atoms with E-state index in [0.717, 1.165) is 28.7 Å². The van der Waals surface area contributed by atoms with Crippen molar-refractivity contribution >= 4 is 17.5 Å². The van der Waals surface area contributed by atoms with Crippen molar-refractivity contribution < 1.29 is 23.5 Å². The Labute approximate surface area is 203 Å². The lowest BCUT2D eigenvalue weighted by Crippen LogP contribution is -2.39. The number of likely N-dealkylation sites (N-methyl/N-ethyl adjacent to an activating group) is 1. The predicted octanol–water partition coefficient (Wildman–Crippen LogP) is 4.29. The molecule has 0 aliphatic carbocycles. The van der Waals surface area contributed by atoms with Gasteiger partial charge in [-0.15, -0.1) is 0 Å². The van der Waals surface area contributed by atoms with Crippen LogP contribution < -0.4 is 9.47 Å². The van der Waals surface area contributed by atoms with Crippen molar-refractivity contribution in [2.75, 3.05) is 27.8 Å². The van der Waals surface area contributed by atoms with Gasteiger partial charge in [0.2, 0.25) is 0 Å². The first-order valence-electron chi connectivity index (χ1n) is 11.1. The number of methoxy groups -OCH3 is 2. The molecule has 3 aromatic rings. The van der Waals surface area contributed by atoms with Crippen LogP contribution >= 0.6 is 0 Å². The minimum Gasteiger partial charge on any atom is -0.497 e. The second-order valence-electron chi connectivity index (χ2n) is 8.18. The molecular formula is C27H26FN3O4. The summed E-state index contributed by atoms with van der Waals surface area (Å²) in [5.74, 6) is 0.133. The summed E-state index contributed by atoms with van der Waals surface area (Å²) in [7, 11) is 4.71. The van der Waals surface area contributed by atoms with Gasteiger partial charge in [-0.25, -0.2) is 9.40 Å². The van der Waals surface area contributed by atoms with E-state index in [9.17, 15) is 14.0 Å². The molecule has 1 aliphatic rings. The van der Waals surface area contributed by atoms with Crippen molar-refractivity contribution in [1.29, 1.82) is 0 Å². The third-order valence-corrected chi connectivity index (χ3v) is 5.88. The molecule has 3 aromatic carbocycles. The first kappa shape index (κ1) is 23.9. The highest BCUT2D eigenvalue weighted by Gasteiger charge is 2.34. The van der Waals surface area contributed by atoms with Crippen molar-refractivity contribution in [1.82, 2.24) is 9.91 Å². The van der Waals surface area contributed by atoms with E-state index in [4.69, 9.17) is 9.47 Å². The zero-order chi connectivity index (χ0) is 24.9. The minimum atomic E-state index is -0.511. The Morgan fingerprint density at radius 3 is 2.23 bits per heavy atom. The Balaban J connectivity index is 1.59.